The lowest BCUT2D eigenvalue weighted by Gasteiger charge is -2.15. The molecule has 0 unspecified atom stereocenters. The lowest BCUT2D eigenvalue weighted by molar-refractivity contribution is 0.287. The van der Waals surface area contributed by atoms with Crippen molar-refractivity contribution in [3.63, 3.8) is 0 Å². The maximum absolute atomic E-state index is 5.91. The fourth-order valence-electron chi connectivity index (χ4n) is 2.06. The molecule has 1 aromatic rings. The van der Waals surface area contributed by atoms with E-state index in [1.807, 2.05) is 6.92 Å². The van der Waals surface area contributed by atoms with Crippen molar-refractivity contribution in [3.05, 3.63) is 11.4 Å². The summed E-state index contributed by atoms with van der Waals surface area (Å²) in [4.78, 5) is 9.21. The summed E-state index contributed by atoms with van der Waals surface area (Å²) in [6.07, 6.45) is 4.97. The molecule has 0 spiro atoms. The van der Waals surface area contributed by atoms with Crippen LogP contribution in [0, 0.1) is 12.8 Å². The summed E-state index contributed by atoms with van der Waals surface area (Å²) in [5, 5.41) is 3.38. The van der Waals surface area contributed by atoms with Gasteiger partial charge in [0.2, 0.25) is 5.88 Å². The predicted octanol–water partition coefficient (Wildman–Crippen LogP) is 3.91. The first-order valence-corrected chi connectivity index (χ1v) is 7.87. The molecular weight excluding hydrogens is 250 g/mol. The number of ether oxygens (including phenoxy) is 1. The van der Waals surface area contributed by atoms with Crippen molar-refractivity contribution >= 4 is 5.82 Å². The van der Waals surface area contributed by atoms with Crippen molar-refractivity contribution in [1.29, 1.82) is 0 Å². The highest BCUT2D eigenvalue weighted by atomic mass is 16.5. The van der Waals surface area contributed by atoms with Crippen LogP contribution in [-0.2, 0) is 0 Å². The molecule has 0 aliphatic heterocycles. The molecule has 4 nitrogen and oxygen atoms in total. The molecule has 20 heavy (non-hydrogen) atoms. The topological polar surface area (TPSA) is 47.0 Å². The van der Waals surface area contributed by atoms with Gasteiger partial charge in [-0.25, -0.2) is 4.98 Å². The van der Waals surface area contributed by atoms with Crippen molar-refractivity contribution in [3.8, 4) is 5.88 Å². The Bertz CT molecular complexity index is 442. The molecule has 2 rings (SSSR count). The second-order valence-corrected chi connectivity index (χ2v) is 6.02. The van der Waals surface area contributed by atoms with Gasteiger partial charge < -0.3 is 10.1 Å². The molecule has 1 N–H and O–H groups in total. The maximum Gasteiger partial charge on any atom is 0.221 e. The first-order chi connectivity index (χ1) is 9.61. The van der Waals surface area contributed by atoms with Gasteiger partial charge in [0.1, 0.15) is 11.6 Å². The summed E-state index contributed by atoms with van der Waals surface area (Å²) in [7, 11) is 0. The number of hydrogen-bond donors (Lipinski definition) is 1. The van der Waals surface area contributed by atoms with Gasteiger partial charge in [0, 0.05) is 12.5 Å². The van der Waals surface area contributed by atoms with E-state index in [0.717, 1.165) is 55.0 Å². The second kappa shape index (κ2) is 6.91. The van der Waals surface area contributed by atoms with E-state index in [1.54, 1.807) is 0 Å². The molecule has 0 bridgehead atoms. The SMILES string of the molecule is CCCNc1nc(C(C)C)nc(OCCC2CC2)c1C. The summed E-state index contributed by atoms with van der Waals surface area (Å²) in [6, 6.07) is 0. The van der Waals surface area contributed by atoms with Gasteiger partial charge in [-0.15, -0.1) is 0 Å². The number of nitrogens with zero attached hydrogens (tertiary/aromatic N) is 2. The van der Waals surface area contributed by atoms with Gasteiger partial charge in [0.25, 0.3) is 0 Å². The van der Waals surface area contributed by atoms with Crippen LogP contribution in [0.1, 0.15) is 63.8 Å². The highest BCUT2D eigenvalue weighted by molar-refractivity contribution is 5.48. The van der Waals surface area contributed by atoms with Crippen LogP contribution in [0.15, 0.2) is 0 Å². The van der Waals surface area contributed by atoms with E-state index < -0.39 is 0 Å². The third-order valence-corrected chi connectivity index (χ3v) is 3.64. The van der Waals surface area contributed by atoms with Crippen LogP contribution in [0.3, 0.4) is 0 Å². The fourth-order valence-corrected chi connectivity index (χ4v) is 2.06. The Hall–Kier alpha value is -1.32. The Morgan fingerprint density at radius 3 is 2.65 bits per heavy atom. The Balaban J connectivity index is 2.11. The third-order valence-electron chi connectivity index (χ3n) is 3.64. The number of anilines is 1. The Labute approximate surface area is 122 Å². The van der Waals surface area contributed by atoms with Gasteiger partial charge in [0.05, 0.1) is 12.2 Å². The van der Waals surface area contributed by atoms with Gasteiger partial charge in [0.15, 0.2) is 0 Å². The van der Waals surface area contributed by atoms with Crippen molar-refractivity contribution in [2.75, 3.05) is 18.5 Å². The number of hydrogen-bond acceptors (Lipinski definition) is 4. The maximum atomic E-state index is 5.91. The average Bonchev–Trinajstić information content (AvgIpc) is 3.23. The average molecular weight is 277 g/mol. The molecule has 0 saturated heterocycles. The lowest BCUT2D eigenvalue weighted by Crippen LogP contribution is -2.11. The van der Waals surface area contributed by atoms with Crippen LogP contribution in [0.2, 0.25) is 0 Å². The van der Waals surface area contributed by atoms with Gasteiger partial charge >= 0.3 is 0 Å². The van der Waals surface area contributed by atoms with Gasteiger partial charge in [-0.2, -0.15) is 4.98 Å². The van der Waals surface area contributed by atoms with Crippen LogP contribution in [0.5, 0.6) is 5.88 Å². The molecule has 1 aliphatic rings. The minimum Gasteiger partial charge on any atom is -0.477 e. The molecular formula is C16H27N3O. The monoisotopic (exact) mass is 277 g/mol. The zero-order chi connectivity index (χ0) is 14.5. The number of aromatic nitrogens is 2. The molecule has 1 saturated carbocycles. The molecule has 0 atom stereocenters. The van der Waals surface area contributed by atoms with Crippen LogP contribution >= 0.6 is 0 Å². The van der Waals surface area contributed by atoms with Gasteiger partial charge in [-0.05, 0) is 25.7 Å². The molecule has 112 valence electrons. The van der Waals surface area contributed by atoms with Crippen LogP contribution < -0.4 is 10.1 Å². The van der Waals surface area contributed by atoms with E-state index in [0.29, 0.717) is 5.92 Å². The van der Waals surface area contributed by atoms with Crippen molar-refractivity contribution in [2.24, 2.45) is 5.92 Å². The van der Waals surface area contributed by atoms with Crippen LogP contribution in [0.25, 0.3) is 0 Å². The standard InChI is InChI=1S/C16H27N3O/c1-5-9-17-15-12(4)16(19-14(18-15)11(2)3)20-10-8-13-6-7-13/h11,13H,5-10H2,1-4H3,(H,17,18,19). The third kappa shape index (κ3) is 4.09. The second-order valence-electron chi connectivity index (χ2n) is 6.02. The van der Waals surface area contributed by atoms with Crippen molar-refractivity contribution < 1.29 is 4.74 Å². The molecule has 4 heteroatoms. The number of nitrogens with one attached hydrogen (secondary N) is 1. The van der Waals surface area contributed by atoms with E-state index in [4.69, 9.17) is 4.74 Å². The smallest absolute Gasteiger partial charge is 0.221 e. The zero-order valence-electron chi connectivity index (χ0n) is 13.2. The minimum atomic E-state index is 0.309. The highest BCUT2D eigenvalue weighted by Gasteiger charge is 2.21. The Morgan fingerprint density at radius 2 is 2.05 bits per heavy atom. The van der Waals surface area contributed by atoms with Crippen molar-refractivity contribution in [1.82, 2.24) is 9.97 Å². The molecule has 1 aliphatic carbocycles. The summed E-state index contributed by atoms with van der Waals surface area (Å²) < 4.78 is 5.91. The van der Waals surface area contributed by atoms with Gasteiger partial charge in [-0.1, -0.05) is 33.6 Å². The first-order valence-electron chi connectivity index (χ1n) is 7.87. The number of rotatable bonds is 8. The van der Waals surface area contributed by atoms with Crippen LogP contribution in [0.4, 0.5) is 5.82 Å². The highest BCUT2D eigenvalue weighted by Crippen LogP contribution is 2.32. The van der Waals surface area contributed by atoms with Gasteiger partial charge in [-0.3, -0.25) is 0 Å². The molecule has 0 aromatic carbocycles. The summed E-state index contributed by atoms with van der Waals surface area (Å²) in [6.45, 7) is 10.1. The van der Waals surface area contributed by atoms with Crippen molar-refractivity contribution in [2.45, 2.75) is 59.3 Å². The largest absolute Gasteiger partial charge is 0.477 e. The minimum absolute atomic E-state index is 0.309. The normalized spacial score (nSPS) is 14.7. The van der Waals surface area contributed by atoms with E-state index in [9.17, 15) is 0 Å². The summed E-state index contributed by atoms with van der Waals surface area (Å²) in [5.74, 6) is 3.73. The molecule has 0 amide bonds. The van der Waals surface area contributed by atoms with E-state index >= 15 is 0 Å². The zero-order valence-corrected chi connectivity index (χ0v) is 13.2. The Morgan fingerprint density at radius 1 is 1.30 bits per heavy atom. The molecule has 1 fully saturated rings. The van der Waals surface area contributed by atoms with E-state index in [1.165, 1.54) is 12.8 Å². The Kier molecular flexibility index (Phi) is 5.21. The first kappa shape index (κ1) is 15.1. The van der Waals surface area contributed by atoms with E-state index in [2.05, 4.69) is 36.1 Å². The van der Waals surface area contributed by atoms with E-state index in [-0.39, 0.29) is 0 Å². The molecule has 1 heterocycles. The quantitative estimate of drug-likeness (QED) is 0.782. The van der Waals surface area contributed by atoms with Crippen LogP contribution in [-0.4, -0.2) is 23.1 Å². The summed E-state index contributed by atoms with van der Waals surface area (Å²) in [5.41, 5.74) is 1.03. The summed E-state index contributed by atoms with van der Waals surface area (Å²) >= 11 is 0. The fraction of sp³-hybridized carbons (Fsp3) is 0.750. The predicted molar refractivity (Wildman–Crippen MR) is 82.5 cm³/mol. The molecule has 0 radical (unpaired) electrons. The lowest BCUT2D eigenvalue weighted by atomic mass is 10.2. The molecule has 1 aromatic heterocycles.